The molecule has 0 saturated heterocycles. The van der Waals surface area contributed by atoms with E-state index in [0.29, 0.717) is 21.5 Å². The summed E-state index contributed by atoms with van der Waals surface area (Å²) >= 11 is 1.33. The molecular weight excluding hydrogens is 346 g/mol. The SMILES string of the molecule is Cc1cccc(CNS(=O)(=O)c2cc(-c3noc(C)n3)sc2C)c1. The average molecular weight is 363 g/mol. The van der Waals surface area contributed by atoms with Gasteiger partial charge < -0.3 is 4.52 Å². The van der Waals surface area contributed by atoms with Gasteiger partial charge in [0.15, 0.2) is 0 Å². The summed E-state index contributed by atoms with van der Waals surface area (Å²) in [5.74, 6) is 0.846. The predicted molar refractivity (Wildman–Crippen MR) is 92.3 cm³/mol. The van der Waals surface area contributed by atoms with Crippen molar-refractivity contribution in [3.8, 4) is 10.7 Å². The molecule has 6 nitrogen and oxygen atoms in total. The second-order valence-corrected chi connectivity index (χ2v) is 8.47. The molecule has 2 heterocycles. The lowest BCUT2D eigenvalue weighted by atomic mass is 10.1. The van der Waals surface area contributed by atoms with Gasteiger partial charge in [-0.3, -0.25) is 0 Å². The van der Waals surface area contributed by atoms with Crippen LogP contribution in [0.1, 0.15) is 21.9 Å². The third-order valence-electron chi connectivity index (χ3n) is 3.46. The Balaban J connectivity index is 1.83. The molecule has 0 unspecified atom stereocenters. The zero-order chi connectivity index (χ0) is 17.3. The second-order valence-electron chi connectivity index (χ2n) is 5.48. The molecule has 0 saturated carbocycles. The van der Waals surface area contributed by atoms with Crippen molar-refractivity contribution in [2.24, 2.45) is 0 Å². The summed E-state index contributed by atoms with van der Waals surface area (Å²) < 4.78 is 32.8. The van der Waals surface area contributed by atoms with E-state index in [1.54, 1.807) is 19.9 Å². The topological polar surface area (TPSA) is 85.1 Å². The molecule has 0 spiro atoms. The molecule has 8 heteroatoms. The summed E-state index contributed by atoms with van der Waals surface area (Å²) in [6.07, 6.45) is 0. The van der Waals surface area contributed by atoms with Crippen LogP contribution in [0.3, 0.4) is 0 Å². The first-order valence-electron chi connectivity index (χ1n) is 7.31. The molecule has 0 amide bonds. The molecule has 0 aliphatic heterocycles. The molecule has 126 valence electrons. The maximum absolute atomic E-state index is 12.6. The van der Waals surface area contributed by atoms with Crippen LogP contribution < -0.4 is 4.72 Å². The van der Waals surface area contributed by atoms with Crippen molar-refractivity contribution < 1.29 is 12.9 Å². The monoisotopic (exact) mass is 363 g/mol. The minimum absolute atomic E-state index is 0.246. The van der Waals surface area contributed by atoms with E-state index in [1.807, 2.05) is 31.2 Å². The summed E-state index contributed by atoms with van der Waals surface area (Å²) in [4.78, 5) is 5.74. The summed E-state index contributed by atoms with van der Waals surface area (Å²) in [6.45, 7) is 5.68. The number of aryl methyl sites for hydroxylation is 3. The number of sulfonamides is 1. The normalized spacial score (nSPS) is 11.8. The summed E-state index contributed by atoms with van der Waals surface area (Å²) in [6, 6.07) is 9.31. The Morgan fingerprint density at radius 2 is 2.00 bits per heavy atom. The lowest BCUT2D eigenvalue weighted by molar-refractivity contribution is 0.394. The number of hydrogen-bond donors (Lipinski definition) is 1. The quantitative estimate of drug-likeness (QED) is 0.752. The molecule has 24 heavy (non-hydrogen) atoms. The largest absolute Gasteiger partial charge is 0.339 e. The average Bonchev–Trinajstić information content (AvgIpc) is 3.12. The third-order valence-corrected chi connectivity index (χ3v) is 6.16. The van der Waals surface area contributed by atoms with Gasteiger partial charge >= 0.3 is 0 Å². The van der Waals surface area contributed by atoms with Crippen molar-refractivity contribution in [1.82, 2.24) is 14.9 Å². The molecule has 1 aromatic carbocycles. The molecule has 0 bridgehead atoms. The fourth-order valence-electron chi connectivity index (χ4n) is 2.32. The van der Waals surface area contributed by atoms with E-state index in [9.17, 15) is 8.42 Å². The first kappa shape index (κ1) is 16.8. The van der Waals surface area contributed by atoms with E-state index in [2.05, 4.69) is 14.9 Å². The lowest BCUT2D eigenvalue weighted by Crippen LogP contribution is -2.23. The molecule has 0 radical (unpaired) electrons. The molecule has 3 rings (SSSR count). The molecule has 3 aromatic rings. The van der Waals surface area contributed by atoms with E-state index in [4.69, 9.17) is 4.52 Å². The lowest BCUT2D eigenvalue weighted by Gasteiger charge is -2.07. The first-order valence-corrected chi connectivity index (χ1v) is 9.61. The molecule has 1 N–H and O–H groups in total. The minimum Gasteiger partial charge on any atom is -0.339 e. The number of benzene rings is 1. The second kappa shape index (κ2) is 6.46. The Morgan fingerprint density at radius 1 is 1.21 bits per heavy atom. The smallest absolute Gasteiger partial charge is 0.241 e. The van der Waals surface area contributed by atoms with Gasteiger partial charge in [0.25, 0.3) is 0 Å². The first-order chi connectivity index (χ1) is 11.3. The number of hydrogen-bond acceptors (Lipinski definition) is 6. The van der Waals surface area contributed by atoms with Crippen LogP contribution in [-0.4, -0.2) is 18.6 Å². The maximum atomic E-state index is 12.6. The Morgan fingerprint density at radius 3 is 2.67 bits per heavy atom. The van der Waals surface area contributed by atoms with Crippen LogP contribution in [0.4, 0.5) is 0 Å². The van der Waals surface area contributed by atoms with Gasteiger partial charge in [0.2, 0.25) is 21.7 Å². The van der Waals surface area contributed by atoms with Crippen LogP contribution in [0.15, 0.2) is 39.8 Å². The maximum Gasteiger partial charge on any atom is 0.241 e. The predicted octanol–water partition coefficient (Wildman–Crippen LogP) is 3.20. The van der Waals surface area contributed by atoms with Crippen LogP contribution >= 0.6 is 11.3 Å². The number of thiophene rings is 1. The van der Waals surface area contributed by atoms with Crippen LogP contribution in [-0.2, 0) is 16.6 Å². The Labute approximate surface area is 144 Å². The highest BCUT2D eigenvalue weighted by molar-refractivity contribution is 7.89. The number of rotatable bonds is 5. The fourth-order valence-corrected chi connectivity index (χ4v) is 4.85. The minimum atomic E-state index is -3.61. The van der Waals surface area contributed by atoms with Crippen molar-refractivity contribution in [2.45, 2.75) is 32.2 Å². The molecule has 0 aliphatic carbocycles. The fraction of sp³-hybridized carbons (Fsp3) is 0.250. The van der Waals surface area contributed by atoms with Crippen LogP contribution in [0.2, 0.25) is 0 Å². The van der Waals surface area contributed by atoms with Gasteiger partial charge in [0.1, 0.15) is 0 Å². The van der Waals surface area contributed by atoms with Crippen molar-refractivity contribution in [2.75, 3.05) is 0 Å². The van der Waals surface area contributed by atoms with E-state index < -0.39 is 10.0 Å². The standard InChI is InChI=1S/C16H17N3O3S2/c1-10-5-4-6-13(7-10)9-17-24(20,21)15-8-14(23-11(15)2)16-18-12(3)22-19-16/h4-8,17H,9H2,1-3H3. The number of nitrogens with one attached hydrogen (secondary N) is 1. The van der Waals surface area contributed by atoms with Crippen LogP contribution in [0.5, 0.6) is 0 Å². The van der Waals surface area contributed by atoms with Crippen LogP contribution in [0.25, 0.3) is 10.7 Å². The molecular formula is C16H17N3O3S2. The van der Waals surface area contributed by atoms with Gasteiger partial charge in [-0.25, -0.2) is 13.1 Å². The highest BCUT2D eigenvalue weighted by Crippen LogP contribution is 2.32. The zero-order valence-electron chi connectivity index (χ0n) is 13.5. The van der Waals surface area contributed by atoms with Gasteiger partial charge in [-0.2, -0.15) is 4.98 Å². The molecule has 2 aromatic heterocycles. The molecule has 0 aliphatic rings. The third kappa shape index (κ3) is 3.55. The Hall–Kier alpha value is -2.03. The molecule has 0 atom stereocenters. The Kier molecular flexibility index (Phi) is 4.53. The summed E-state index contributed by atoms with van der Waals surface area (Å²) in [7, 11) is -3.61. The van der Waals surface area contributed by atoms with Gasteiger partial charge in [0.05, 0.1) is 9.77 Å². The van der Waals surface area contributed by atoms with E-state index in [-0.39, 0.29) is 11.4 Å². The van der Waals surface area contributed by atoms with Crippen molar-refractivity contribution in [3.05, 3.63) is 52.2 Å². The number of aromatic nitrogens is 2. The summed E-state index contributed by atoms with van der Waals surface area (Å²) in [5.41, 5.74) is 2.01. The highest BCUT2D eigenvalue weighted by Gasteiger charge is 2.22. The summed E-state index contributed by atoms with van der Waals surface area (Å²) in [5, 5.41) is 3.83. The van der Waals surface area contributed by atoms with E-state index in [1.165, 1.54) is 11.3 Å². The number of nitrogens with zero attached hydrogens (tertiary/aromatic N) is 2. The van der Waals surface area contributed by atoms with E-state index >= 15 is 0 Å². The van der Waals surface area contributed by atoms with Crippen LogP contribution in [0, 0.1) is 20.8 Å². The van der Waals surface area contributed by atoms with Gasteiger partial charge in [-0.1, -0.05) is 35.0 Å². The zero-order valence-corrected chi connectivity index (χ0v) is 15.2. The van der Waals surface area contributed by atoms with Gasteiger partial charge in [-0.15, -0.1) is 11.3 Å². The van der Waals surface area contributed by atoms with Crippen molar-refractivity contribution in [3.63, 3.8) is 0 Å². The van der Waals surface area contributed by atoms with Gasteiger partial charge in [0, 0.05) is 18.3 Å². The van der Waals surface area contributed by atoms with Crippen molar-refractivity contribution in [1.29, 1.82) is 0 Å². The van der Waals surface area contributed by atoms with Crippen molar-refractivity contribution >= 4 is 21.4 Å². The van der Waals surface area contributed by atoms with E-state index in [0.717, 1.165) is 11.1 Å². The Bertz CT molecular complexity index is 974. The molecule has 0 fully saturated rings. The highest BCUT2D eigenvalue weighted by atomic mass is 32.2. The van der Waals surface area contributed by atoms with Gasteiger partial charge in [-0.05, 0) is 25.5 Å².